The number of methoxy groups -OCH3 is 1. The highest BCUT2D eigenvalue weighted by Gasteiger charge is 2.31. The van der Waals surface area contributed by atoms with Gasteiger partial charge in [-0.1, -0.05) is 59.4 Å². The maximum Gasteiger partial charge on any atom is 0.343 e. The van der Waals surface area contributed by atoms with Crippen molar-refractivity contribution in [3.63, 3.8) is 0 Å². The fourth-order valence-electron chi connectivity index (χ4n) is 2.70. The largest absolute Gasteiger partial charge is 0.493 e. The van der Waals surface area contributed by atoms with Crippen molar-refractivity contribution in [2.24, 2.45) is 0 Å². The molecule has 1 aliphatic rings. The summed E-state index contributed by atoms with van der Waals surface area (Å²) in [7, 11) is 1.45. The van der Waals surface area contributed by atoms with Crippen LogP contribution >= 0.6 is 35.6 Å². The first kappa shape index (κ1) is 22.1. The Morgan fingerprint density at radius 3 is 2.63 bits per heavy atom. The van der Waals surface area contributed by atoms with Crippen LogP contribution in [0.4, 0.5) is 0 Å². The molecular formula is C22H18ClNO4S2. The van der Waals surface area contributed by atoms with Gasteiger partial charge in [0.1, 0.15) is 4.32 Å². The molecule has 1 heterocycles. The molecule has 0 radical (unpaired) electrons. The SMILES string of the molecule is C=CCN1C(=O)/C(=C/c2cc(Cl)c(OC(=O)c3ccc(C)cc3)c(OC)c2)SC1=S. The molecule has 3 rings (SSSR count). The third-order valence-corrected chi connectivity index (χ3v) is 5.88. The summed E-state index contributed by atoms with van der Waals surface area (Å²) in [6, 6.07) is 10.2. The molecule has 1 saturated heterocycles. The van der Waals surface area contributed by atoms with E-state index in [9.17, 15) is 9.59 Å². The summed E-state index contributed by atoms with van der Waals surface area (Å²) in [4.78, 5) is 26.9. The average molecular weight is 460 g/mol. The smallest absolute Gasteiger partial charge is 0.343 e. The van der Waals surface area contributed by atoms with Crippen LogP contribution in [0.5, 0.6) is 11.5 Å². The van der Waals surface area contributed by atoms with Gasteiger partial charge in [0.2, 0.25) is 0 Å². The summed E-state index contributed by atoms with van der Waals surface area (Å²) in [5.41, 5.74) is 2.05. The summed E-state index contributed by atoms with van der Waals surface area (Å²) < 4.78 is 11.3. The minimum Gasteiger partial charge on any atom is -0.493 e. The molecule has 0 aliphatic carbocycles. The van der Waals surface area contributed by atoms with E-state index in [-0.39, 0.29) is 22.4 Å². The Labute approximate surface area is 189 Å². The van der Waals surface area contributed by atoms with Crippen LogP contribution < -0.4 is 9.47 Å². The Balaban J connectivity index is 1.88. The third-order valence-electron chi connectivity index (χ3n) is 4.22. The first-order chi connectivity index (χ1) is 14.3. The number of hydrogen-bond acceptors (Lipinski definition) is 6. The molecule has 0 saturated carbocycles. The maximum absolute atomic E-state index is 12.5. The second kappa shape index (κ2) is 9.47. The lowest BCUT2D eigenvalue weighted by Gasteiger charge is -2.12. The molecule has 0 bridgehead atoms. The van der Waals surface area contributed by atoms with E-state index in [4.69, 9.17) is 33.3 Å². The van der Waals surface area contributed by atoms with Gasteiger partial charge in [0.05, 0.1) is 22.6 Å². The lowest BCUT2D eigenvalue weighted by Crippen LogP contribution is -2.27. The van der Waals surface area contributed by atoms with Crippen LogP contribution in [-0.2, 0) is 4.79 Å². The zero-order valence-corrected chi connectivity index (χ0v) is 18.7. The van der Waals surface area contributed by atoms with Gasteiger partial charge in [0.25, 0.3) is 5.91 Å². The van der Waals surface area contributed by atoms with Crippen molar-refractivity contribution in [3.05, 3.63) is 75.7 Å². The first-order valence-corrected chi connectivity index (χ1v) is 10.5. The van der Waals surface area contributed by atoms with Crippen LogP contribution in [0, 0.1) is 6.92 Å². The zero-order valence-electron chi connectivity index (χ0n) is 16.3. The predicted molar refractivity (Wildman–Crippen MR) is 124 cm³/mol. The molecule has 1 aliphatic heterocycles. The third kappa shape index (κ3) is 4.75. The highest BCUT2D eigenvalue weighted by molar-refractivity contribution is 8.26. The molecule has 2 aromatic rings. The average Bonchev–Trinajstić information content (AvgIpc) is 2.97. The molecule has 8 heteroatoms. The van der Waals surface area contributed by atoms with Gasteiger partial charge in [0.15, 0.2) is 11.5 Å². The normalized spacial score (nSPS) is 14.9. The molecule has 30 heavy (non-hydrogen) atoms. The van der Waals surface area contributed by atoms with E-state index < -0.39 is 5.97 Å². The van der Waals surface area contributed by atoms with Crippen LogP contribution in [0.1, 0.15) is 21.5 Å². The number of thioether (sulfide) groups is 1. The van der Waals surface area contributed by atoms with Crippen LogP contribution in [0.3, 0.4) is 0 Å². The van der Waals surface area contributed by atoms with Gasteiger partial charge in [0, 0.05) is 6.54 Å². The number of benzene rings is 2. The summed E-state index contributed by atoms with van der Waals surface area (Å²) >= 11 is 12.8. The minimum atomic E-state index is -0.548. The number of esters is 1. The van der Waals surface area contributed by atoms with Gasteiger partial charge in [-0.2, -0.15) is 0 Å². The minimum absolute atomic E-state index is 0.112. The molecule has 1 amide bonds. The molecule has 0 spiro atoms. The molecule has 0 N–H and O–H groups in total. The molecule has 0 unspecified atom stereocenters. The quantitative estimate of drug-likeness (QED) is 0.193. The molecule has 0 aromatic heterocycles. The number of ether oxygens (including phenoxy) is 2. The number of rotatable bonds is 6. The Morgan fingerprint density at radius 1 is 1.30 bits per heavy atom. The van der Waals surface area contributed by atoms with E-state index in [2.05, 4.69) is 6.58 Å². The number of carbonyl (C=O) groups is 2. The highest BCUT2D eigenvalue weighted by Crippen LogP contribution is 2.39. The van der Waals surface area contributed by atoms with Crippen molar-refractivity contribution in [1.29, 1.82) is 0 Å². The fraction of sp³-hybridized carbons (Fsp3) is 0.136. The lowest BCUT2D eigenvalue weighted by atomic mass is 10.1. The van der Waals surface area contributed by atoms with E-state index in [0.717, 1.165) is 5.56 Å². The molecule has 0 atom stereocenters. The van der Waals surface area contributed by atoms with Gasteiger partial charge in [-0.05, 0) is 42.8 Å². The van der Waals surface area contributed by atoms with Crippen LogP contribution in [-0.4, -0.2) is 34.8 Å². The van der Waals surface area contributed by atoms with E-state index in [1.54, 1.807) is 36.4 Å². The summed E-state index contributed by atoms with van der Waals surface area (Å²) in [5.74, 6) is -0.361. The number of thiocarbonyl (C=S) groups is 1. The van der Waals surface area contributed by atoms with Crippen molar-refractivity contribution < 1.29 is 19.1 Å². The van der Waals surface area contributed by atoms with Crippen LogP contribution in [0.25, 0.3) is 6.08 Å². The topological polar surface area (TPSA) is 55.8 Å². The summed E-state index contributed by atoms with van der Waals surface area (Å²) in [6.07, 6.45) is 3.28. The molecular weight excluding hydrogens is 442 g/mol. The van der Waals surface area contributed by atoms with Gasteiger partial charge in [-0.25, -0.2) is 4.79 Å². The first-order valence-electron chi connectivity index (χ1n) is 8.86. The number of halogens is 1. The van der Waals surface area contributed by atoms with E-state index >= 15 is 0 Å². The Hall–Kier alpha value is -2.61. The van der Waals surface area contributed by atoms with Crippen LogP contribution in [0.15, 0.2) is 54.0 Å². The van der Waals surface area contributed by atoms with Crippen molar-refractivity contribution in [3.8, 4) is 11.5 Å². The van der Waals surface area contributed by atoms with Crippen molar-refractivity contribution >= 4 is 57.9 Å². The predicted octanol–water partition coefficient (Wildman–Crippen LogP) is 5.26. The number of nitrogens with zero attached hydrogens (tertiary/aromatic N) is 1. The second-order valence-electron chi connectivity index (χ2n) is 6.37. The fourth-order valence-corrected chi connectivity index (χ4v) is 4.23. The standard InChI is InChI=1S/C22H18ClNO4S2/c1-4-9-24-20(25)18(30-22(24)29)12-14-10-16(23)19(17(11-14)27-3)28-21(26)15-7-5-13(2)6-8-15/h4-8,10-12H,1,9H2,2-3H3/b18-12-. The Morgan fingerprint density at radius 2 is 2.00 bits per heavy atom. The maximum atomic E-state index is 12.5. The number of amides is 1. The lowest BCUT2D eigenvalue weighted by molar-refractivity contribution is -0.121. The monoisotopic (exact) mass is 459 g/mol. The summed E-state index contributed by atoms with van der Waals surface area (Å²) in [6.45, 7) is 5.91. The van der Waals surface area contributed by atoms with Gasteiger partial charge in [-0.3, -0.25) is 9.69 Å². The number of aryl methyl sites for hydroxylation is 1. The number of carbonyl (C=O) groups excluding carboxylic acids is 2. The van der Waals surface area contributed by atoms with Crippen molar-refractivity contribution in [1.82, 2.24) is 4.90 Å². The molecule has 2 aromatic carbocycles. The molecule has 154 valence electrons. The second-order valence-corrected chi connectivity index (χ2v) is 8.45. The van der Waals surface area contributed by atoms with E-state index in [1.165, 1.54) is 23.8 Å². The van der Waals surface area contributed by atoms with Gasteiger partial charge >= 0.3 is 5.97 Å². The highest BCUT2D eigenvalue weighted by atomic mass is 35.5. The summed E-state index contributed by atoms with van der Waals surface area (Å²) in [5, 5.41) is 0.183. The van der Waals surface area contributed by atoms with Gasteiger partial charge < -0.3 is 9.47 Å². The molecule has 5 nitrogen and oxygen atoms in total. The van der Waals surface area contributed by atoms with Gasteiger partial charge in [-0.15, -0.1) is 6.58 Å². The molecule has 1 fully saturated rings. The van der Waals surface area contributed by atoms with Crippen molar-refractivity contribution in [2.75, 3.05) is 13.7 Å². The van der Waals surface area contributed by atoms with Crippen LogP contribution in [0.2, 0.25) is 5.02 Å². The zero-order chi connectivity index (χ0) is 21.8. The number of hydrogen-bond donors (Lipinski definition) is 0. The van der Waals surface area contributed by atoms with E-state index in [0.29, 0.717) is 26.9 Å². The Kier molecular flexibility index (Phi) is 6.97. The van der Waals surface area contributed by atoms with E-state index in [1.807, 2.05) is 19.1 Å². The Bertz CT molecular complexity index is 1060. The van der Waals surface area contributed by atoms with Crippen molar-refractivity contribution in [2.45, 2.75) is 6.92 Å².